The fourth-order valence-corrected chi connectivity index (χ4v) is 6.12. The molecule has 144 valence electrons. The van der Waals surface area contributed by atoms with Crippen molar-refractivity contribution in [1.82, 2.24) is 13.5 Å². The van der Waals surface area contributed by atoms with Crippen molar-refractivity contribution in [2.24, 2.45) is 17.6 Å². The van der Waals surface area contributed by atoms with Crippen molar-refractivity contribution in [2.45, 2.75) is 44.9 Å². The summed E-state index contributed by atoms with van der Waals surface area (Å²) in [7, 11) is -3.38. The minimum Gasteiger partial charge on any atom is -0.340 e. The number of piperazine rings is 1. The van der Waals surface area contributed by atoms with Crippen LogP contribution in [0.2, 0.25) is 0 Å². The Bertz CT molecular complexity index is 552. The van der Waals surface area contributed by atoms with Gasteiger partial charge >= 0.3 is 0 Å². The Labute approximate surface area is 151 Å². The van der Waals surface area contributed by atoms with Crippen LogP contribution in [0.1, 0.15) is 44.9 Å². The van der Waals surface area contributed by atoms with Gasteiger partial charge in [0.1, 0.15) is 0 Å². The zero-order valence-electron chi connectivity index (χ0n) is 15.1. The molecule has 1 saturated carbocycles. The van der Waals surface area contributed by atoms with Gasteiger partial charge in [0.25, 0.3) is 10.2 Å². The highest BCUT2D eigenvalue weighted by molar-refractivity contribution is 7.86. The molecule has 2 saturated heterocycles. The topological polar surface area (TPSA) is 87.0 Å². The maximum atomic E-state index is 12.9. The lowest BCUT2D eigenvalue weighted by molar-refractivity contribution is -0.137. The number of carbonyl (C=O) groups is 1. The molecule has 0 unspecified atom stereocenters. The molecular weight excluding hydrogens is 340 g/mol. The summed E-state index contributed by atoms with van der Waals surface area (Å²) in [6, 6.07) is 0. The molecule has 0 radical (unpaired) electrons. The van der Waals surface area contributed by atoms with Crippen LogP contribution in [0.3, 0.4) is 0 Å². The summed E-state index contributed by atoms with van der Waals surface area (Å²) in [6.07, 6.45) is 7.14. The van der Waals surface area contributed by atoms with Gasteiger partial charge in [-0.2, -0.15) is 17.0 Å². The normalized spacial score (nSPS) is 30.4. The third kappa shape index (κ3) is 4.18. The fourth-order valence-electron chi connectivity index (χ4n) is 4.45. The largest absolute Gasteiger partial charge is 0.340 e. The number of amides is 1. The second kappa shape index (κ2) is 8.33. The minimum atomic E-state index is -3.38. The standard InChI is InChI=1S/C17H32N4O3S/c18-14-15-6-5-7-16(15)17(22)19-10-12-21(13-11-19)25(23,24)20-8-3-1-2-4-9-20/h15-16H,1-14,18H2/t15-,16-/m1/s1. The van der Waals surface area contributed by atoms with Crippen molar-refractivity contribution in [2.75, 3.05) is 45.8 Å². The van der Waals surface area contributed by atoms with Crippen LogP contribution >= 0.6 is 0 Å². The van der Waals surface area contributed by atoms with Gasteiger partial charge in [-0.05, 0) is 38.1 Å². The van der Waals surface area contributed by atoms with Crippen LogP contribution in [0, 0.1) is 11.8 Å². The molecule has 0 aromatic rings. The predicted molar refractivity (Wildman–Crippen MR) is 97.0 cm³/mol. The van der Waals surface area contributed by atoms with Gasteiger partial charge < -0.3 is 10.6 Å². The number of hydrogen-bond acceptors (Lipinski definition) is 4. The molecule has 2 aliphatic heterocycles. The van der Waals surface area contributed by atoms with E-state index in [0.717, 1.165) is 44.9 Å². The van der Waals surface area contributed by atoms with E-state index in [2.05, 4.69) is 0 Å². The molecule has 3 rings (SSSR count). The summed E-state index contributed by atoms with van der Waals surface area (Å²) in [4.78, 5) is 14.6. The van der Waals surface area contributed by atoms with Gasteiger partial charge in [0.15, 0.2) is 0 Å². The zero-order valence-corrected chi connectivity index (χ0v) is 15.9. The fraction of sp³-hybridized carbons (Fsp3) is 0.941. The lowest BCUT2D eigenvalue weighted by Gasteiger charge is -2.38. The second-order valence-corrected chi connectivity index (χ2v) is 9.51. The van der Waals surface area contributed by atoms with Crippen molar-refractivity contribution < 1.29 is 13.2 Å². The van der Waals surface area contributed by atoms with Crippen LogP contribution in [0.15, 0.2) is 0 Å². The number of rotatable bonds is 4. The first-order valence-corrected chi connectivity index (χ1v) is 11.2. The minimum absolute atomic E-state index is 0.0405. The van der Waals surface area contributed by atoms with E-state index in [1.807, 2.05) is 4.90 Å². The molecule has 0 aromatic carbocycles. The highest BCUT2D eigenvalue weighted by Crippen LogP contribution is 2.32. The Morgan fingerprint density at radius 2 is 1.44 bits per heavy atom. The first-order valence-electron chi connectivity index (χ1n) is 9.78. The molecule has 2 heterocycles. The van der Waals surface area contributed by atoms with Gasteiger partial charge in [0, 0.05) is 45.2 Å². The quantitative estimate of drug-likeness (QED) is 0.784. The van der Waals surface area contributed by atoms with Gasteiger partial charge in [-0.3, -0.25) is 4.79 Å². The maximum absolute atomic E-state index is 12.9. The van der Waals surface area contributed by atoms with Crippen molar-refractivity contribution in [3.05, 3.63) is 0 Å². The number of nitrogens with two attached hydrogens (primary N) is 1. The van der Waals surface area contributed by atoms with E-state index in [1.165, 1.54) is 0 Å². The summed E-state index contributed by atoms with van der Waals surface area (Å²) in [5, 5.41) is 0. The molecule has 1 aliphatic carbocycles. The third-order valence-electron chi connectivity index (χ3n) is 6.05. The van der Waals surface area contributed by atoms with Gasteiger partial charge in [0.2, 0.25) is 5.91 Å². The predicted octanol–water partition coefficient (Wildman–Crippen LogP) is 0.626. The molecule has 3 fully saturated rings. The van der Waals surface area contributed by atoms with Crippen molar-refractivity contribution in [3.8, 4) is 0 Å². The van der Waals surface area contributed by atoms with E-state index >= 15 is 0 Å². The van der Waals surface area contributed by atoms with E-state index in [4.69, 9.17) is 5.73 Å². The van der Waals surface area contributed by atoms with Gasteiger partial charge in [-0.1, -0.05) is 19.3 Å². The first-order chi connectivity index (χ1) is 12.0. The van der Waals surface area contributed by atoms with Gasteiger partial charge in [0.05, 0.1) is 0 Å². The molecule has 0 spiro atoms. The Morgan fingerprint density at radius 1 is 0.840 bits per heavy atom. The van der Waals surface area contributed by atoms with E-state index in [1.54, 1.807) is 8.61 Å². The second-order valence-electron chi connectivity index (χ2n) is 7.58. The number of nitrogens with zero attached hydrogens (tertiary/aromatic N) is 3. The average Bonchev–Trinajstić information content (AvgIpc) is 2.93. The molecule has 2 atom stereocenters. The van der Waals surface area contributed by atoms with Gasteiger partial charge in [-0.25, -0.2) is 0 Å². The van der Waals surface area contributed by atoms with Crippen LogP contribution < -0.4 is 5.73 Å². The Balaban J connectivity index is 1.56. The summed E-state index contributed by atoms with van der Waals surface area (Å²) >= 11 is 0. The van der Waals surface area contributed by atoms with Crippen molar-refractivity contribution in [3.63, 3.8) is 0 Å². The van der Waals surface area contributed by atoms with Crippen molar-refractivity contribution in [1.29, 1.82) is 0 Å². The first kappa shape index (κ1) is 19.1. The monoisotopic (exact) mass is 372 g/mol. The molecule has 25 heavy (non-hydrogen) atoms. The summed E-state index contributed by atoms with van der Waals surface area (Å²) in [6.45, 7) is 3.64. The van der Waals surface area contributed by atoms with Crippen LogP contribution in [0.4, 0.5) is 0 Å². The highest BCUT2D eigenvalue weighted by Gasteiger charge is 2.38. The summed E-state index contributed by atoms with van der Waals surface area (Å²) < 4.78 is 28.9. The lowest BCUT2D eigenvalue weighted by atomic mass is 9.94. The Hall–Kier alpha value is -0.700. The SMILES string of the molecule is NC[C@H]1CCC[C@H]1C(=O)N1CCN(S(=O)(=O)N2CCCCCC2)CC1. The molecule has 7 nitrogen and oxygen atoms in total. The molecule has 0 bridgehead atoms. The van der Waals surface area contributed by atoms with Crippen molar-refractivity contribution >= 4 is 16.1 Å². The summed E-state index contributed by atoms with van der Waals surface area (Å²) in [5.74, 6) is 0.518. The van der Waals surface area contributed by atoms with E-state index < -0.39 is 10.2 Å². The van der Waals surface area contributed by atoms with Crippen LogP contribution in [0.25, 0.3) is 0 Å². The van der Waals surface area contributed by atoms with Crippen LogP contribution in [-0.4, -0.2) is 73.6 Å². The van der Waals surface area contributed by atoms with E-state index in [0.29, 0.717) is 51.7 Å². The lowest BCUT2D eigenvalue weighted by Crippen LogP contribution is -2.55. The number of carbonyl (C=O) groups excluding carboxylic acids is 1. The highest BCUT2D eigenvalue weighted by atomic mass is 32.2. The number of hydrogen-bond donors (Lipinski definition) is 1. The Morgan fingerprint density at radius 3 is 2.04 bits per heavy atom. The van der Waals surface area contributed by atoms with Crippen LogP contribution in [-0.2, 0) is 15.0 Å². The molecule has 3 aliphatic rings. The molecule has 8 heteroatoms. The average molecular weight is 373 g/mol. The molecule has 0 aromatic heterocycles. The van der Waals surface area contributed by atoms with Gasteiger partial charge in [-0.15, -0.1) is 0 Å². The smallest absolute Gasteiger partial charge is 0.282 e. The summed E-state index contributed by atoms with van der Waals surface area (Å²) in [5.41, 5.74) is 5.80. The maximum Gasteiger partial charge on any atom is 0.282 e. The van der Waals surface area contributed by atoms with E-state index in [9.17, 15) is 13.2 Å². The Kier molecular flexibility index (Phi) is 6.35. The molecular formula is C17H32N4O3S. The molecule has 2 N–H and O–H groups in total. The van der Waals surface area contributed by atoms with Crippen LogP contribution in [0.5, 0.6) is 0 Å². The molecule has 1 amide bonds. The third-order valence-corrected chi connectivity index (χ3v) is 8.08. The zero-order chi connectivity index (χ0) is 17.9. The van der Waals surface area contributed by atoms with E-state index in [-0.39, 0.29) is 11.8 Å².